The van der Waals surface area contributed by atoms with Gasteiger partial charge < -0.3 is 4.57 Å². The smallest absolute Gasteiger partial charge is 0.0886 e. The Bertz CT molecular complexity index is 853. The predicted molar refractivity (Wildman–Crippen MR) is 83.5 cm³/mol. The van der Waals surface area contributed by atoms with Crippen molar-refractivity contribution < 1.29 is 0 Å². The van der Waals surface area contributed by atoms with Crippen molar-refractivity contribution in [3.05, 3.63) is 71.4 Å². The average molecular weight is 291 g/mol. The van der Waals surface area contributed by atoms with Crippen LogP contribution >= 0.6 is 0 Å². The maximum Gasteiger partial charge on any atom is 0.0886 e. The molecule has 22 heavy (non-hydrogen) atoms. The van der Waals surface area contributed by atoms with E-state index < -0.39 is 0 Å². The summed E-state index contributed by atoms with van der Waals surface area (Å²) in [5.74, 6) is 0. The molecule has 4 rings (SSSR count). The Morgan fingerprint density at radius 1 is 1.05 bits per heavy atom. The molecule has 3 aromatic rings. The number of aromatic nitrogens is 4. The molecule has 5 heteroatoms. The van der Waals surface area contributed by atoms with Crippen LogP contribution in [0.4, 0.5) is 0 Å². The predicted octanol–water partition coefficient (Wildman–Crippen LogP) is 2.23. The van der Waals surface area contributed by atoms with Gasteiger partial charge in [0.25, 0.3) is 0 Å². The van der Waals surface area contributed by atoms with Crippen molar-refractivity contribution in [1.29, 1.82) is 0 Å². The molecule has 0 saturated heterocycles. The molecule has 0 unspecified atom stereocenters. The van der Waals surface area contributed by atoms with Crippen molar-refractivity contribution in [2.45, 2.75) is 26.2 Å². The van der Waals surface area contributed by atoms with Gasteiger partial charge in [0.1, 0.15) is 0 Å². The van der Waals surface area contributed by atoms with E-state index >= 15 is 0 Å². The Kier molecular flexibility index (Phi) is 3.11. The highest BCUT2D eigenvalue weighted by Crippen LogP contribution is 2.24. The minimum atomic E-state index is 0.905. The van der Waals surface area contributed by atoms with Crippen LogP contribution in [0.25, 0.3) is 5.69 Å². The van der Waals surface area contributed by atoms with E-state index in [1.54, 1.807) is 12.4 Å². The van der Waals surface area contributed by atoms with Crippen LogP contribution in [0.1, 0.15) is 23.4 Å². The summed E-state index contributed by atoms with van der Waals surface area (Å²) < 4.78 is 2.04. The van der Waals surface area contributed by atoms with Crippen molar-refractivity contribution in [3.8, 4) is 5.69 Å². The zero-order valence-electron chi connectivity index (χ0n) is 12.5. The van der Waals surface area contributed by atoms with E-state index in [0.717, 1.165) is 29.6 Å². The van der Waals surface area contributed by atoms with Gasteiger partial charge in [-0.25, -0.2) is 0 Å². The molecule has 1 aliphatic rings. The second kappa shape index (κ2) is 5.26. The standard InChI is InChI=1S/C17H17N5/c1-13-16-3-2-4-17(16)22(19-13)20-14-7-11-21(12-8-14)15-5-9-18-10-6-15/h5-12H,2-4H2,1H3. The lowest BCUT2D eigenvalue weighted by molar-refractivity contribution is 0.658. The summed E-state index contributed by atoms with van der Waals surface area (Å²) in [4.78, 5) is 5.85. The lowest BCUT2D eigenvalue weighted by Crippen LogP contribution is -2.09. The highest BCUT2D eigenvalue weighted by Gasteiger charge is 2.19. The Balaban J connectivity index is 1.71. The normalized spacial score (nSPS) is 13.1. The first-order valence-corrected chi connectivity index (χ1v) is 7.52. The van der Waals surface area contributed by atoms with Crippen molar-refractivity contribution in [3.63, 3.8) is 0 Å². The number of hydrogen-bond donors (Lipinski definition) is 0. The highest BCUT2D eigenvalue weighted by atomic mass is 15.5. The minimum absolute atomic E-state index is 0.905. The zero-order chi connectivity index (χ0) is 14.9. The summed E-state index contributed by atoms with van der Waals surface area (Å²) >= 11 is 0. The third-order valence-corrected chi connectivity index (χ3v) is 4.09. The maximum atomic E-state index is 4.65. The molecule has 0 N–H and O–H groups in total. The molecule has 0 saturated carbocycles. The van der Waals surface area contributed by atoms with Gasteiger partial charge in [-0.2, -0.15) is 15.0 Å². The van der Waals surface area contributed by atoms with E-state index in [1.165, 1.54) is 17.7 Å². The van der Waals surface area contributed by atoms with Gasteiger partial charge in [-0.1, -0.05) is 0 Å². The van der Waals surface area contributed by atoms with Crippen molar-refractivity contribution in [1.82, 2.24) is 19.4 Å². The number of hydrogen-bond acceptors (Lipinski definition) is 3. The number of nitrogens with zero attached hydrogens (tertiary/aromatic N) is 5. The molecule has 0 aliphatic heterocycles. The number of rotatable bonds is 2. The van der Waals surface area contributed by atoms with Gasteiger partial charge in [0.15, 0.2) is 0 Å². The third-order valence-electron chi connectivity index (χ3n) is 4.09. The van der Waals surface area contributed by atoms with Crippen LogP contribution in [-0.2, 0) is 12.8 Å². The fraction of sp³-hybridized carbons (Fsp3) is 0.235. The fourth-order valence-electron chi connectivity index (χ4n) is 2.97. The molecule has 0 bridgehead atoms. The SMILES string of the molecule is Cc1nn(N=c2ccn(-c3ccncc3)cc2)c2c1CCC2. The molecule has 5 nitrogen and oxygen atoms in total. The summed E-state index contributed by atoms with van der Waals surface area (Å²) in [6.45, 7) is 2.07. The highest BCUT2D eigenvalue weighted by molar-refractivity contribution is 5.30. The van der Waals surface area contributed by atoms with Crippen molar-refractivity contribution in [2.75, 3.05) is 0 Å². The maximum absolute atomic E-state index is 4.65. The molecule has 110 valence electrons. The van der Waals surface area contributed by atoms with Crippen LogP contribution in [0, 0.1) is 6.92 Å². The molecule has 0 radical (unpaired) electrons. The lowest BCUT2D eigenvalue weighted by atomic mass is 10.2. The Morgan fingerprint density at radius 2 is 1.82 bits per heavy atom. The van der Waals surface area contributed by atoms with E-state index in [0.29, 0.717) is 0 Å². The third kappa shape index (κ3) is 2.24. The topological polar surface area (TPSA) is 48.0 Å². The van der Waals surface area contributed by atoms with E-state index in [9.17, 15) is 0 Å². The summed E-state index contributed by atoms with van der Waals surface area (Å²) in [6.07, 6.45) is 11.0. The first kappa shape index (κ1) is 13.0. The molecule has 1 aliphatic carbocycles. The van der Waals surface area contributed by atoms with Gasteiger partial charge in [0.05, 0.1) is 16.7 Å². The monoisotopic (exact) mass is 291 g/mol. The van der Waals surface area contributed by atoms with Crippen LogP contribution in [0.5, 0.6) is 0 Å². The largest absolute Gasteiger partial charge is 0.324 e. The Labute approximate surface area is 128 Å². The Hall–Kier alpha value is -2.69. The fourth-order valence-corrected chi connectivity index (χ4v) is 2.97. The molecule has 0 aromatic carbocycles. The van der Waals surface area contributed by atoms with Gasteiger partial charge >= 0.3 is 0 Å². The first-order chi connectivity index (χ1) is 10.8. The number of pyridine rings is 2. The van der Waals surface area contributed by atoms with Crippen LogP contribution in [0.15, 0.2) is 54.2 Å². The second-order valence-electron chi connectivity index (χ2n) is 5.52. The summed E-state index contributed by atoms with van der Waals surface area (Å²) in [5, 5.41) is 10.1. The average Bonchev–Trinajstić information content (AvgIpc) is 3.15. The summed E-state index contributed by atoms with van der Waals surface area (Å²) in [6, 6.07) is 7.94. The van der Waals surface area contributed by atoms with Crippen molar-refractivity contribution >= 4 is 0 Å². The first-order valence-electron chi connectivity index (χ1n) is 7.52. The summed E-state index contributed by atoms with van der Waals surface area (Å²) in [5.41, 5.74) is 4.84. The molecular formula is C17H17N5. The lowest BCUT2D eigenvalue weighted by Gasteiger charge is -2.04. The van der Waals surface area contributed by atoms with Gasteiger partial charge in [0, 0.05) is 30.5 Å². The zero-order valence-corrected chi connectivity index (χ0v) is 12.5. The summed E-state index contributed by atoms with van der Waals surface area (Å²) in [7, 11) is 0. The quantitative estimate of drug-likeness (QED) is 0.727. The van der Waals surface area contributed by atoms with E-state index in [-0.39, 0.29) is 0 Å². The van der Waals surface area contributed by atoms with Crippen LogP contribution in [0.2, 0.25) is 0 Å². The van der Waals surface area contributed by atoms with Crippen molar-refractivity contribution in [2.24, 2.45) is 5.10 Å². The van der Waals surface area contributed by atoms with E-state index in [2.05, 4.69) is 22.1 Å². The van der Waals surface area contributed by atoms with Gasteiger partial charge in [-0.15, -0.1) is 0 Å². The molecule has 0 atom stereocenters. The number of aryl methyl sites for hydroxylation is 1. The molecule has 0 fully saturated rings. The van der Waals surface area contributed by atoms with Gasteiger partial charge in [-0.05, 0) is 56.0 Å². The molecule has 0 spiro atoms. The second-order valence-corrected chi connectivity index (χ2v) is 5.52. The van der Waals surface area contributed by atoms with Crippen LogP contribution < -0.4 is 5.36 Å². The molecule has 3 aromatic heterocycles. The van der Waals surface area contributed by atoms with Crippen LogP contribution in [0.3, 0.4) is 0 Å². The van der Waals surface area contributed by atoms with Gasteiger partial charge in [0.2, 0.25) is 0 Å². The number of fused-ring (bicyclic) bond motifs is 1. The van der Waals surface area contributed by atoms with E-state index in [4.69, 9.17) is 0 Å². The molecule has 0 amide bonds. The van der Waals surface area contributed by atoms with Crippen LogP contribution in [-0.4, -0.2) is 19.4 Å². The van der Waals surface area contributed by atoms with E-state index in [1.807, 2.05) is 46.0 Å². The molecule has 3 heterocycles. The minimum Gasteiger partial charge on any atom is -0.324 e. The molecular weight excluding hydrogens is 274 g/mol. The van der Waals surface area contributed by atoms with Gasteiger partial charge in [-0.3, -0.25) is 4.98 Å². The Morgan fingerprint density at radius 3 is 2.59 bits per heavy atom.